The van der Waals surface area contributed by atoms with Gasteiger partial charge >= 0.3 is 0 Å². The van der Waals surface area contributed by atoms with E-state index in [1.54, 1.807) is 6.07 Å². The van der Waals surface area contributed by atoms with Crippen molar-refractivity contribution in [2.75, 3.05) is 5.32 Å². The Morgan fingerprint density at radius 1 is 1.29 bits per heavy atom. The zero-order chi connectivity index (χ0) is 14.8. The van der Waals surface area contributed by atoms with Crippen molar-refractivity contribution in [3.05, 3.63) is 23.9 Å². The summed E-state index contributed by atoms with van der Waals surface area (Å²) in [4.78, 5) is 10.6. The van der Waals surface area contributed by atoms with Crippen molar-refractivity contribution in [1.29, 1.82) is 0 Å². The summed E-state index contributed by atoms with van der Waals surface area (Å²) >= 11 is 0. The van der Waals surface area contributed by atoms with Crippen LogP contribution in [0.15, 0.2) is 18.3 Å². The number of hydrogen-bond acceptors (Lipinski definition) is 2. The molecule has 0 bridgehead atoms. The molecule has 0 aliphatic heterocycles. The summed E-state index contributed by atoms with van der Waals surface area (Å²) in [6.45, 7) is 0. The third-order valence-corrected chi connectivity index (χ3v) is 4.09. The highest BCUT2D eigenvalue weighted by Crippen LogP contribution is 2.33. The van der Waals surface area contributed by atoms with Crippen LogP contribution in [0.25, 0.3) is 10.9 Å². The maximum absolute atomic E-state index is 13.0. The number of carbonyl (C=O) groups is 1. The Kier molecular flexibility index (Phi) is 3.86. The molecule has 1 saturated carbocycles. The standard InChI is InChI=1S/C15H17F2N3O/c16-15(17)12-7-13-10(6-14(12)18-9-21)8-20(19-13)11-4-2-1-3-5-11/h6-9,11,15H,1-5H2,(H,18,21). The molecule has 0 saturated heterocycles. The average Bonchev–Trinajstić information content (AvgIpc) is 2.90. The van der Waals surface area contributed by atoms with Crippen LogP contribution in [0.4, 0.5) is 14.5 Å². The molecule has 0 unspecified atom stereocenters. The van der Waals surface area contributed by atoms with E-state index in [2.05, 4.69) is 10.4 Å². The molecule has 2 aromatic rings. The molecular weight excluding hydrogens is 276 g/mol. The maximum atomic E-state index is 13.0. The molecule has 1 N–H and O–H groups in total. The molecule has 1 amide bonds. The topological polar surface area (TPSA) is 46.9 Å². The summed E-state index contributed by atoms with van der Waals surface area (Å²) < 4.78 is 28.0. The Morgan fingerprint density at radius 3 is 2.71 bits per heavy atom. The first-order valence-corrected chi connectivity index (χ1v) is 7.20. The lowest BCUT2D eigenvalue weighted by molar-refractivity contribution is -0.105. The van der Waals surface area contributed by atoms with E-state index in [9.17, 15) is 13.6 Å². The summed E-state index contributed by atoms with van der Waals surface area (Å²) in [5.74, 6) is 0. The Morgan fingerprint density at radius 2 is 2.05 bits per heavy atom. The number of anilines is 1. The number of nitrogens with one attached hydrogen (secondary N) is 1. The first-order valence-electron chi connectivity index (χ1n) is 7.20. The zero-order valence-electron chi connectivity index (χ0n) is 11.6. The Hall–Kier alpha value is -1.98. The summed E-state index contributed by atoms with van der Waals surface area (Å²) in [6.07, 6.45) is 5.43. The van der Waals surface area contributed by atoms with E-state index in [4.69, 9.17) is 0 Å². The molecule has 6 heteroatoms. The molecule has 1 aromatic carbocycles. The van der Waals surface area contributed by atoms with Crippen molar-refractivity contribution in [2.24, 2.45) is 0 Å². The number of nitrogens with zero attached hydrogens (tertiary/aromatic N) is 2. The summed E-state index contributed by atoms with van der Waals surface area (Å²) in [7, 11) is 0. The van der Waals surface area contributed by atoms with Gasteiger partial charge in [0.2, 0.25) is 6.41 Å². The van der Waals surface area contributed by atoms with Crippen LogP contribution in [0, 0.1) is 0 Å². The number of carbonyl (C=O) groups excluding carboxylic acids is 1. The number of benzene rings is 1. The van der Waals surface area contributed by atoms with E-state index in [1.165, 1.54) is 25.3 Å². The second-order valence-electron chi connectivity index (χ2n) is 5.46. The highest BCUT2D eigenvalue weighted by molar-refractivity contribution is 5.87. The van der Waals surface area contributed by atoms with Crippen LogP contribution < -0.4 is 5.32 Å². The highest BCUT2D eigenvalue weighted by Gasteiger charge is 2.19. The van der Waals surface area contributed by atoms with Crippen molar-refractivity contribution < 1.29 is 13.6 Å². The summed E-state index contributed by atoms with van der Waals surface area (Å²) in [6, 6.07) is 3.28. The minimum absolute atomic E-state index is 0.149. The zero-order valence-corrected chi connectivity index (χ0v) is 11.6. The van der Waals surface area contributed by atoms with Gasteiger partial charge in [0.05, 0.1) is 17.2 Å². The van der Waals surface area contributed by atoms with E-state index in [1.807, 2.05) is 10.9 Å². The smallest absolute Gasteiger partial charge is 0.265 e. The maximum Gasteiger partial charge on any atom is 0.265 e. The molecule has 21 heavy (non-hydrogen) atoms. The molecule has 3 rings (SSSR count). The van der Waals surface area contributed by atoms with Crippen LogP contribution in [-0.4, -0.2) is 16.2 Å². The molecule has 1 heterocycles. The second-order valence-corrected chi connectivity index (χ2v) is 5.46. The Balaban J connectivity index is 2.01. The fourth-order valence-electron chi connectivity index (χ4n) is 3.01. The minimum Gasteiger partial charge on any atom is -0.328 e. The quantitative estimate of drug-likeness (QED) is 0.864. The minimum atomic E-state index is -2.64. The van der Waals surface area contributed by atoms with Crippen molar-refractivity contribution in [1.82, 2.24) is 9.78 Å². The molecular formula is C15H17F2N3O. The highest BCUT2D eigenvalue weighted by atomic mass is 19.3. The first kappa shape index (κ1) is 14.0. The van der Waals surface area contributed by atoms with Crippen LogP contribution in [0.3, 0.4) is 0 Å². The fraction of sp³-hybridized carbons (Fsp3) is 0.467. The van der Waals surface area contributed by atoms with Crippen LogP contribution in [0.2, 0.25) is 0 Å². The molecule has 1 fully saturated rings. The largest absolute Gasteiger partial charge is 0.328 e. The predicted molar refractivity (Wildman–Crippen MR) is 76.5 cm³/mol. The van der Waals surface area contributed by atoms with Gasteiger partial charge in [-0.15, -0.1) is 0 Å². The number of rotatable bonds is 4. The van der Waals surface area contributed by atoms with E-state index >= 15 is 0 Å². The van der Waals surface area contributed by atoms with Crippen LogP contribution in [-0.2, 0) is 4.79 Å². The Bertz CT molecular complexity index is 648. The number of hydrogen-bond donors (Lipinski definition) is 1. The molecule has 0 radical (unpaired) electrons. The van der Waals surface area contributed by atoms with E-state index in [-0.39, 0.29) is 11.3 Å². The van der Waals surface area contributed by atoms with Gasteiger partial charge in [-0.3, -0.25) is 9.48 Å². The average molecular weight is 293 g/mol. The van der Waals surface area contributed by atoms with Gasteiger partial charge < -0.3 is 5.32 Å². The van der Waals surface area contributed by atoms with Crippen LogP contribution >= 0.6 is 0 Å². The molecule has 1 aromatic heterocycles. The lowest BCUT2D eigenvalue weighted by atomic mass is 9.96. The van der Waals surface area contributed by atoms with Crippen molar-refractivity contribution in [3.8, 4) is 0 Å². The first-order chi connectivity index (χ1) is 10.2. The Labute approximate surface area is 121 Å². The summed E-state index contributed by atoms with van der Waals surface area (Å²) in [5, 5.41) is 7.56. The van der Waals surface area contributed by atoms with Crippen LogP contribution in [0.1, 0.15) is 50.1 Å². The molecule has 0 spiro atoms. The number of alkyl halides is 2. The molecule has 0 atom stereocenters. The van der Waals surface area contributed by atoms with Gasteiger partial charge in [0, 0.05) is 17.1 Å². The van der Waals surface area contributed by atoms with Gasteiger partial charge in [0.25, 0.3) is 6.43 Å². The monoisotopic (exact) mass is 293 g/mol. The molecule has 1 aliphatic carbocycles. The van der Waals surface area contributed by atoms with Crippen molar-refractivity contribution in [3.63, 3.8) is 0 Å². The normalized spacial score (nSPS) is 16.5. The molecule has 1 aliphatic rings. The van der Waals surface area contributed by atoms with E-state index < -0.39 is 6.43 Å². The van der Waals surface area contributed by atoms with Gasteiger partial charge in [-0.25, -0.2) is 8.78 Å². The second kappa shape index (κ2) is 5.79. The SMILES string of the molecule is O=CNc1cc2cn(C3CCCCC3)nc2cc1C(F)F. The lowest BCUT2D eigenvalue weighted by Gasteiger charge is -2.21. The number of aromatic nitrogens is 2. The molecule has 4 nitrogen and oxygen atoms in total. The van der Waals surface area contributed by atoms with Crippen molar-refractivity contribution in [2.45, 2.75) is 44.6 Å². The molecule has 112 valence electrons. The van der Waals surface area contributed by atoms with Crippen molar-refractivity contribution >= 4 is 23.0 Å². The summed E-state index contributed by atoms with van der Waals surface area (Å²) in [5.41, 5.74) is 0.506. The third kappa shape index (κ3) is 2.75. The van der Waals surface area contributed by atoms with Gasteiger partial charge in [0.15, 0.2) is 0 Å². The van der Waals surface area contributed by atoms with Gasteiger partial charge in [-0.1, -0.05) is 19.3 Å². The fourth-order valence-corrected chi connectivity index (χ4v) is 3.01. The van der Waals surface area contributed by atoms with E-state index in [0.29, 0.717) is 18.0 Å². The lowest BCUT2D eigenvalue weighted by Crippen LogP contribution is -2.12. The van der Waals surface area contributed by atoms with Gasteiger partial charge in [-0.05, 0) is 25.0 Å². The number of halogens is 2. The van der Waals surface area contributed by atoms with Crippen LogP contribution in [0.5, 0.6) is 0 Å². The van der Waals surface area contributed by atoms with Gasteiger partial charge in [-0.2, -0.15) is 5.10 Å². The third-order valence-electron chi connectivity index (χ3n) is 4.09. The van der Waals surface area contributed by atoms with E-state index in [0.717, 1.165) is 18.2 Å². The number of fused-ring (bicyclic) bond motifs is 1. The van der Waals surface area contributed by atoms with Gasteiger partial charge in [0.1, 0.15) is 0 Å². The number of amides is 1. The predicted octanol–water partition coefficient (Wildman–Crippen LogP) is 4.05.